The molecule has 2 heteroatoms. The third kappa shape index (κ3) is 245. The van der Waals surface area contributed by atoms with Crippen molar-refractivity contribution in [2.24, 2.45) is 5.14 Å². The van der Waals surface area contributed by atoms with E-state index in [1.807, 2.05) is 41.5 Å². The van der Waals surface area contributed by atoms with Crippen LogP contribution in [0, 0.1) is 0 Å². The first kappa shape index (κ1) is 29.2. The van der Waals surface area contributed by atoms with E-state index in [1.54, 1.807) is 0 Å². The Bertz CT molecular complexity index is 17.6. The summed E-state index contributed by atoms with van der Waals surface area (Å²) in [6, 6.07) is 0. The van der Waals surface area contributed by atoms with Crippen molar-refractivity contribution in [2.75, 3.05) is 0 Å². The van der Waals surface area contributed by atoms with E-state index in [1.165, 1.54) is 19.3 Å². The van der Waals surface area contributed by atoms with Gasteiger partial charge in [0.2, 0.25) is 0 Å². The zero-order valence-corrected chi connectivity index (χ0v) is 12.0. The highest BCUT2D eigenvalue weighted by Gasteiger charge is 1.68. The van der Waals surface area contributed by atoms with E-state index in [0.717, 1.165) is 0 Å². The van der Waals surface area contributed by atoms with Crippen molar-refractivity contribution in [3.8, 4) is 0 Å². The molecular formula is C11H33NS. The summed E-state index contributed by atoms with van der Waals surface area (Å²) in [4.78, 5) is 0. The summed E-state index contributed by atoms with van der Waals surface area (Å²) >= 11 is 3.03. The Labute approximate surface area is 93.0 Å². The smallest absolute Gasteiger partial charge is 0.0538 e. The standard InChI is InChI=1S/C5H12.3C2H6.H3NS/c1-3-5-4-2;4*1-2/h3-5H2,1-2H3;3*1-2H3;2H,1H2. The zero-order valence-electron chi connectivity index (χ0n) is 11.1. The summed E-state index contributed by atoms with van der Waals surface area (Å²) in [5, 5.41) is 4.19. The molecule has 0 saturated heterocycles. The number of nitrogens with two attached hydrogens (primary N) is 1. The molecule has 1 nitrogen and oxygen atoms in total. The minimum atomic E-state index is 1.34. The van der Waals surface area contributed by atoms with Crippen molar-refractivity contribution < 1.29 is 0 Å². The first-order valence-electron chi connectivity index (χ1n) is 5.67. The van der Waals surface area contributed by atoms with Crippen LogP contribution in [0.4, 0.5) is 0 Å². The van der Waals surface area contributed by atoms with Gasteiger partial charge in [-0.15, -0.1) is 12.8 Å². The van der Waals surface area contributed by atoms with Crippen molar-refractivity contribution in [2.45, 2.75) is 74.7 Å². The van der Waals surface area contributed by atoms with Gasteiger partial charge in [0.25, 0.3) is 0 Å². The van der Waals surface area contributed by atoms with E-state index in [9.17, 15) is 0 Å². The molecular weight excluding hydrogens is 178 g/mol. The number of rotatable bonds is 2. The summed E-state index contributed by atoms with van der Waals surface area (Å²) in [5.41, 5.74) is 0. The second kappa shape index (κ2) is 144. The number of unbranched alkanes of at least 4 members (excludes halogenated alkanes) is 2. The molecule has 0 radical (unpaired) electrons. The Morgan fingerprint density at radius 1 is 0.692 bits per heavy atom. The number of hydrogen-bond donors (Lipinski definition) is 2. The van der Waals surface area contributed by atoms with Crippen molar-refractivity contribution >= 4 is 12.8 Å². The molecule has 2 N–H and O–H groups in total. The van der Waals surface area contributed by atoms with Gasteiger partial charge in [-0.1, -0.05) is 74.7 Å². The largest absolute Gasteiger partial charge is 0.281 e. The maximum atomic E-state index is 4.19. The maximum Gasteiger partial charge on any atom is -0.0538 e. The monoisotopic (exact) mass is 211 g/mol. The molecule has 0 heterocycles. The summed E-state index contributed by atoms with van der Waals surface area (Å²) in [7, 11) is 0. The SMILES string of the molecule is CC.CC.CC.CCCCC.NS. The van der Waals surface area contributed by atoms with Crippen LogP contribution in [-0.2, 0) is 0 Å². The minimum absolute atomic E-state index is 1.34. The van der Waals surface area contributed by atoms with Gasteiger partial charge in [-0.05, 0) is 0 Å². The predicted octanol–water partition coefficient (Wildman–Crippen LogP) is 5.07. The molecule has 0 amide bonds. The van der Waals surface area contributed by atoms with Crippen LogP contribution in [-0.4, -0.2) is 0 Å². The van der Waals surface area contributed by atoms with Crippen LogP contribution in [0.15, 0.2) is 0 Å². The van der Waals surface area contributed by atoms with Crippen molar-refractivity contribution in [1.82, 2.24) is 0 Å². The molecule has 0 spiro atoms. The van der Waals surface area contributed by atoms with Crippen LogP contribution in [0.25, 0.3) is 0 Å². The first-order valence-corrected chi connectivity index (χ1v) is 6.19. The highest BCUT2D eigenvalue weighted by molar-refractivity contribution is 7.77. The molecule has 0 aliphatic rings. The van der Waals surface area contributed by atoms with E-state index in [0.29, 0.717) is 0 Å². The molecule has 13 heavy (non-hydrogen) atoms. The first-order chi connectivity index (χ1) is 6.41. The van der Waals surface area contributed by atoms with Crippen LogP contribution < -0.4 is 5.14 Å². The van der Waals surface area contributed by atoms with E-state index in [4.69, 9.17) is 0 Å². The van der Waals surface area contributed by atoms with Crippen molar-refractivity contribution in [3.63, 3.8) is 0 Å². The van der Waals surface area contributed by atoms with Gasteiger partial charge >= 0.3 is 0 Å². The van der Waals surface area contributed by atoms with Gasteiger partial charge in [0.15, 0.2) is 0 Å². The molecule has 88 valence electrons. The number of thiol groups is 1. The Morgan fingerprint density at radius 2 is 0.846 bits per heavy atom. The second-order valence-corrected chi connectivity index (χ2v) is 1.35. The van der Waals surface area contributed by atoms with Gasteiger partial charge in [-0.3, -0.25) is 5.14 Å². The van der Waals surface area contributed by atoms with E-state index in [-0.39, 0.29) is 0 Å². The van der Waals surface area contributed by atoms with Crippen LogP contribution in [0.3, 0.4) is 0 Å². The number of hydrogen-bond acceptors (Lipinski definition) is 2. The summed E-state index contributed by atoms with van der Waals surface area (Å²) < 4.78 is 0. The molecule has 0 bridgehead atoms. The molecule has 0 saturated carbocycles. The van der Waals surface area contributed by atoms with Crippen LogP contribution in [0.5, 0.6) is 0 Å². The zero-order chi connectivity index (χ0) is 12.1. The quantitative estimate of drug-likeness (QED) is 0.613. The van der Waals surface area contributed by atoms with Gasteiger partial charge in [0.05, 0.1) is 0 Å². The third-order valence-corrected chi connectivity index (χ3v) is 0.707. The third-order valence-electron chi connectivity index (χ3n) is 0.707. The fraction of sp³-hybridized carbons (Fsp3) is 1.00. The van der Waals surface area contributed by atoms with Gasteiger partial charge in [-0.25, -0.2) is 0 Å². The van der Waals surface area contributed by atoms with Crippen molar-refractivity contribution in [3.05, 3.63) is 0 Å². The molecule has 0 unspecified atom stereocenters. The van der Waals surface area contributed by atoms with Gasteiger partial charge in [0, 0.05) is 0 Å². The predicted molar refractivity (Wildman–Crippen MR) is 72.4 cm³/mol. The van der Waals surface area contributed by atoms with Crippen LogP contribution in [0.1, 0.15) is 74.7 Å². The molecule has 0 aromatic carbocycles. The topological polar surface area (TPSA) is 26.0 Å². The molecule has 0 atom stereocenters. The molecule has 0 aromatic rings. The maximum absolute atomic E-state index is 4.19. The Morgan fingerprint density at radius 3 is 0.846 bits per heavy atom. The summed E-state index contributed by atoms with van der Waals surface area (Å²) in [6.45, 7) is 16.4. The fourth-order valence-electron chi connectivity index (χ4n) is 0.354. The lowest BCUT2D eigenvalue weighted by Gasteiger charge is -1.79. The van der Waals surface area contributed by atoms with E-state index in [2.05, 4.69) is 31.8 Å². The molecule has 0 fully saturated rings. The molecule has 0 rings (SSSR count). The lowest BCUT2D eigenvalue weighted by molar-refractivity contribution is 0.772. The highest BCUT2D eigenvalue weighted by atomic mass is 32.1. The van der Waals surface area contributed by atoms with Crippen LogP contribution in [0.2, 0.25) is 0 Å². The Kier molecular flexibility index (Phi) is 323. The molecule has 0 aliphatic heterocycles. The molecule has 0 aliphatic carbocycles. The minimum Gasteiger partial charge on any atom is -0.281 e. The normalized spacial score (nSPS) is 5.08. The van der Waals surface area contributed by atoms with E-state index < -0.39 is 0 Å². The fourth-order valence-corrected chi connectivity index (χ4v) is 0.354. The average Bonchev–Trinajstić information content (AvgIpc) is 2.30. The molecule has 0 aromatic heterocycles. The highest BCUT2D eigenvalue weighted by Crippen LogP contribution is 1.88. The second-order valence-electron chi connectivity index (χ2n) is 1.35. The summed E-state index contributed by atoms with van der Waals surface area (Å²) in [5.74, 6) is 0. The Hall–Kier alpha value is 0.310. The van der Waals surface area contributed by atoms with Gasteiger partial charge in [-0.2, -0.15) is 0 Å². The lowest BCUT2D eigenvalue weighted by Crippen LogP contribution is -1.59. The van der Waals surface area contributed by atoms with Crippen molar-refractivity contribution in [1.29, 1.82) is 0 Å². The van der Waals surface area contributed by atoms with E-state index >= 15 is 0 Å². The van der Waals surface area contributed by atoms with Crippen LogP contribution >= 0.6 is 12.8 Å². The van der Waals surface area contributed by atoms with Gasteiger partial charge < -0.3 is 0 Å². The van der Waals surface area contributed by atoms with Gasteiger partial charge in [0.1, 0.15) is 0 Å². The average molecular weight is 211 g/mol. The summed E-state index contributed by atoms with van der Waals surface area (Å²) in [6.07, 6.45) is 4.08. The Balaban J connectivity index is -0.0000000230. The lowest BCUT2D eigenvalue weighted by atomic mass is 10.3.